The molecule has 1 aliphatic heterocycles. The second-order valence-corrected chi connectivity index (χ2v) is 4.79. The van der Waals surface area contributed by atoms with Gasteiger partial charge in [-0.15, -0.1) is 0 Å². The van der Waals surface area contributed by atoms with Crippen LogP contribution in [0.4, 0.5) is 0 Å². The lowest BCUT2D eigenvalue weighted by atomic mass is 10.0. The predicted molar refractivity (Wildman–Crippen MR) is 66.7 cm³/mol. The molecule has 1 aromatic carbocycles. The number of phenolic OH excluding ortho intramolecular Hbond substituents is 1. The lowest BCUT2D eigenvalue weighted by Gasteiger charge is -2.25. The molecule has 0 amide bonds. The van der Waals surface area contributed by atoms with Crippen LogP contribution in [0.25, 0.3) is 0 Å². The van der Waals surface area contributed by atoms with Crippen molar-refractivity contribution in [3.05, 3.63) is 27.7 Å². The van der Waals surface area contributed by atoms with Gasteiger partial charge in [0.1, 0.15) is 5.75 Å². The molecule has 1 heterocycles. The van der Waals surface area contributed by atoms with Gasteiger partial charge in [0.15, 0.2) is 0 Å². The van der Waals surface area contributed by atoms with Crippen LogP contribution in [0.3, 0.4) is 0 Å². The Balaban J connectivity index is 2.33. The highest BCUT2D eigenvalue weighted by Gasteiger charge is 2.20. The van der Waals surface area contributed by atoms with Crippen LogP contribution >= 0.6 is 15.9 Å². The molecule has 0 saturated carbocycles. The Morgan fingerprint density at radius 1 is 1.56 bits per heavy atom. The normalized spacial score (nSPS) is 21.0. The predicted octanol–water partition coefficient (Wildman–Crippen LogP) is 2.38. The van der Waals surface area contributed by atoms with E-state index in [1.807, 2.05) is 12.1 Å². The number of rotatable bonds is 2. The molecule has 1 atom stereocenters. The molecule has 2 rings (SSSR count). The van der Waals surface area contributed by atoms with E-state index in [2.05, 4.69) is 28.2 Å². The maximum atomic E-state index is 10.0. The molecule has 88 valence electrons. The van der Waals surface area contributed by atoms with E-state index in [4.69, 9.17) is 4.74 Å². The Kier molecular flexibility index (Phi) is 3.84. The molecule has 1 fully saturated rings. The van der Waals surface area contributed by atoms with Crippen LogP contribution < -0.4 is 5.32 Å². The maximum Gasteiger partial charge on any atom is 0.135 e. The molecule has 1 unspecified atom stereocenters. The quantitative estimate of drug-likeness (QED) is 0.877. The topological polar surface area (TPSA) is 41.5 Å². The fraction of sp³-hybridized carbons (Fsp3) is 0.500. The molecule has 0 aromatic heterocycles. The summed E-state index contributed by atoms with van der Waals surface area (Å²) in [6, 6.07) is 3.98. The Bertz CT molecular complexity index is 376. The first-order valence-corrected chi connectivity index (χ1v) is 6.35. The number of aromatic hydroxyl groups is 1. The standard InChI is InChI=1S/C12H16BrNO2/c1-2-8-5-9(12(15)10(13)6-8)11-7-14-3-4-16-11/h5-6,11,14-15H,2-4,7H2,1H3. The minimum absolute atomic E-state index is 0.0449. The van der Waals surface area contributed by atoms with Crippen molar-refractivity contribution in [2.45, 2.75) is 19.4 Å². The fourth-order valence-corrected chi connectivity index (χ4v) is 2.42. The van der Waals surface area contributed by atoms with Crippen molar-refractivity contribution >= 4 is 15.9 Å². The Hall–Kier alpha value is -0.580. The van der Waals surface area contributed by atoms with Crippen molar-refractivity contribution in [2.75, 3.05) is 19.7 Å². The van der Waals surface area contributed by atoms with Gasteiger partial charge in [0.05, 0.1) is 17.2 Å². The molecule has 1 aliphatic rings. The van der Waals surface area contributed by atoms with Crippen LogP contribution in [-0.2, 0) is 11.2 Å². The minimum atomic E-state index is -0.0449. The number of hydrogen-bond donors (Lipinski definition) is 2. The van der Waals surface area contributed by atoms with Crippen LogP contribution in [0.2, 0.25) is 0 Å². The Morgan fingerprint density at radius 3 is 3.00 bits per heavy atom. The van der Waals surface area contributed by atoms with E-state index in [-0.39, 0.29) is 6.10 Å². The van der Waals surface area contributed by atoms with E-state index < -0.39 is 0 Å². The summed E-state index contributed by atoms with van der Waals surface area (Å²) in [6.45, 7) is 4.43. The van der Waals surface area contributed by atoms with Gasteiger partial charge in [-0.05, 0) is 40.0 Å². The van der Waals surface area contributed by atoms with Crippen molar-refractivity contribution in [1.82, 2.24) is 5.32 Å². The van der Waals surface area contributed by atoms with Crippen molar-refractivity contribution in [2.24, 2.45) is 0 Å². The van der Waals surface area contributed by atoms with Crippen LogP contribution in [0, 0.1) is 0 Å². The second kappa shape index (κ2) is 5.17. The summed E-state index contributed by atoms with van der Waals surface area (Å²) in [5, 5.41) is 13.3. The van der Waals surface area contributed by atoms with Gasteiger partial charge in [-0.1, -0.05) is 6.92 Å². The molecule has 1 aromatic rings. The SMILES string of the molecule is CCc1cc(Br)c(O)c(C2CNCCO2)c1. The monoisotopic (exact) mass is 285 g/mol. The number of ether oxygens (including phenoxy) is 1. The van der Waals surface area contributed by atoms with Gasteiger partial charge in [-0.3, -0.25) is 0 Å². The van der Waals surface area contributed by atoms with E-state index in [9.17, 15) is 5.11 Å². The molecule has 4 heteroatoms. The third kappa shape index (κ3) is 2.39. The average Bonchev–Trinajstić information content (AvgIpc) is 2.33. The largest absolute Gasteiger partial charge is 0.506 e. The lowest BCUT2D eigenvalue weighted by Crippen LogP contribution is -2.33. The first-order chi connectivity index (χ1) is 7.72. The molecule has 0 spiro atoms. The summed E-state index contributed by atoms with van der Waals surface area (Å²) in [5.74, 6) is 0.297. The van der Waals surface area contributed by atoms with Gasteiger partial charge >= 0.3 is 0 Å². The molecule has 0 radical (unpaired) electrons. The van der Waals surface area contributed by atoms with Gasteiger partial charge in [-0.2, -0.15) is 0 Å². The van der Waals surface area contributed by atoms with Gasteiger partial charge in [0, 0.05) is 18.7 Å². The van der Waals surface area contributed by atoms with Crippen molar-refractivity contribution < 1.29 is 9.84 Å². The number of benzene rings is 1. The molecular formula is C12H16BrNO2. The molecule has 16 heavy (non-hydrogen) atoms. The summed E-state index contributed by atoms with van der Waals surface area (Å²) in [7, 11) is 0. The summed E-state index contributed by atoms with van der Waals surface area (Å²) in [6.07, 6.45) is 0.906. The van der Waals surface area contributed by atoms with E-state index >= 15 is 0 Å². The van der Waals surface area contributed by atoms with Crippen molar-refractivity contribution in [1.29, 1.82) is 0 Å². The maximum absolute atomic E-state index is 10.0. The number of hydrogen-bond acceptors (Lipinski definition) is 3. The molecule has 3 nitrogen and oxygen atoms in total. The third-order valence-corrected chi connectivity index (χ3v) is 3.44. The summed E-state index contributed by atoms with van der Waals surface area (Å²) in [5.41, 5.74) is 2.08. The Labute approximate surface area is 104 Å². The van der Waals surface area contributed by atoms with Crippen molar-refractivity contribution in [3.8, 4) is 5.75 Å². The molecule has 2 N–H and O–H groups in total. The first kappa shape index (κ1) is 11.9. The number of morpholine rings is 1. The minimum Gasteiger partial charge on any atom is -0.506 e. The zero-order chi connectivity index (χ0) is 11.5. The van der Waals surface area contributed by atoms with E-state index in [0.29, 0.717) is 12.4 Å². The number of nitrogens with one attached hydrogen (secondary N) is 1. The van der Waals surface area contributed by atoms with Crippen LogP contribution in [0.15, 0.2) is 16.6 Å². The van der Waals surface area contributed by atoms with Crippen molar-refractivity contribution in [3.63, 3.8) is 0 Å². The third-order valence-electron chi connectivity index (χ3n) is 2.84. The molecule has 0 bridgehead atoms. The molecule has 1 saturated heterocycles. The first-order valence-electron chi connectivity index (χ1n) is 5.56. The van der Waals surface area contributed by atoms with Gasteiger partial charge in [-0.25, -0.2) is 0 Å². The Morgan fingerprint density at radius 2 is 2.38 bits per heavy atom. The number of aryl methyl sites for hydroxylation is 1. The zero-order valence-corrected chi connectivity index (χ0v) is 10.9. The van der Waals surface area contributed by atoms with E-state index in [1.165, 1.54) is 5.56 Å². The lowest BCUT2D eigenvalue weighted by molar-refractivity contribution is 0.0262. The van der Waals surface area contributed by atoms with Gasteiger partial charge in [0.25, 0.3) is 0 Å². The van der Waals surface area contributed by atoms with E-state index in [0.717, 1.165) is 29.5 Å². The second-order valence-electron chi connectivity index (χ2n) is 3.93. The van der Waals surface area contributed by atoms with Gasteiger partial charge < -0.3 is 15.2 Å². The van der Waals surface area contributed by atoms with Gasteiger partial charge in [0.2, 0.25) is 0 Å². The van der Waals surface area contributed by atoms with Crippen LogP contribution in [-0.4, -0.2) is 24.8 Å². The smallest absolute Gasteiger partial charge is 0.135 e. The molecule has 0 aliphatic carbocycles. The summed E-state index contributed by atoms with van der Waals surface area (Å²) in [4.78, 5) is 0. The molecular weight excluding hydrogens is 270 g/mol. The number of phenols is 1. The van der Waals surface area contributed by atoms with E-state index in [1.54, 1.807) is 0 Å². The number of halogens is 1. The zero-order valence-electron chi connectivity index (χ0n) is 9.29. The summed E-state index contributed by atoms with van der Waals surface area (Å²) >= 11 is 3.38. The average molecular weight is 286 g/mol. The van der Waals surface area contributed by atoms with Crippen LogP contribution in [0.5, 0.6) is 5.75 Å². The highest BCUT2D eigenvalue weighted by molar-refractivity contribution is 9.10. The highest BCUT2D eigenvalue weighted by atomic mass is 79.9. The highest BCUT2D eigenvalue weighted by Crippen LogP contribution is 2.35. The fourth-order valence-electron chi connectivity index (χ4n) is 1.89. The van der Waals surface area contributed by atoms with Crippen LogP contribution in [0.1, 0.15) is 24.2 Å². The summed E-state index contributed by atoms with van der Waals surface area (Å²) < 4.78 is 6.40.